The fourth-order valence-corrected chi connectivity index (χ4v) is 3.72. The number of fused-ring (bicyclic) bond motifs is 1. The highest BCUT2D eigenvalue weighted by molar-refractivity contribution is 6.55. The number of carbonyl (C=O) groups is 2. The van der Waals surface area contributed by atoms with Crippen LogP contribution in [0.25, 0.3) is 10.8 Å². The second-order valence-corrected chi connectivity index (χ2v) is 8.22. The van der Waals surface area contributed by atoms with Gasteiger partial charge >= 0.3 is 5.97 Å². The molecule has 4 nitrogen and oxygen atoms in total. The van der Waals surface area contributed by atoms with Gasteiger partial charge in [0.1, 0.15) is 16.8 Å². The molecule has 0 saturated heterocycles. The van der Waals surface area contributed by atoms with E-state index in [1.165, 1.54) is 0 Å². The molecule has 3 unspecified atom stereocenters. The van der Waals surface area contributed by atoms with E-state index in [1.807, 2.05) is 19.9 Å². The lowest BCUT2D eigenvalue weighted by Crippen LogP contribution is -2.14. The number of hydrogen-bond donors (Lipinski definition) is 0. The monoisotopic (exact) mass is 401 g/mol. The van der Waals surface area contributed by atoms with E-state index in [1.54, 1.807) is 42.5 Å². The molecule has 0 aromatic heterocycles. The molecule has 0 heterocycles. The Morgan fingerprint density at radius 2 is 1.89 bits per heavy atom. The molecule has 6 heteroatoms. The maximum atomic E-state index is 12.6. The highest BCUT2D eigenvalue weighted by atomic mass is 35.5. The second-order valence-electron chi connectivity index (χ2n) is 7.21. The third-order valence-electron chi connectivity index (χ3n) is 5.15. The summed E-state index contributed by atoms with van der Waals surface area (Å²) >= 11 is 11.4. The van der Waals surface area contributed by atoms with Crippen molar-refractivity contribution >= 4 is 46.2 Å². The standard InChI is InChI=1S/C21H17Cl2NO3/c1-21(2)16(9-18(22)23)19(21)20(26)27-17(10-24)15-6-5-13-7-12(11-25)3-4-14(13)8-15/h3-9,11,16-17,19H,1-2H3. The van der Waals surface area contributed by atoms with Gasteiger partial charge in [0.15, 0.2) is 0 Å². The summed E-state index contributed by atoms with van der Waals surface area (Å²) < 4.78 is 5.59. The summed E-state index contributed by atoms with van der Waals surface area (Å²) in [6, 6.07) is 12.6. The molecule has 27 heavy (non-hydrogen) atoms. The SMILES string of the molecule is CC1(C)C(C=C(Cl)Cl)C1C(=O)OC(C#N)c1ccc2cc(C=O)ccc2c1. The first kappa shape index (κ1) is 19.4. The quantitative estimate of drug-likeness (QED) is 0.499. The molecule has 1 fully saturated rings. The minimum Gasteiger partial charge on any atom is -0.442 e. The van der Waals surface area contributed by atoms with Gasteiger partial charge < -0.3 is 4.74 Å². The van der Waals surface area contributed by atoms with Crippen molar-refractivity contribution in [2.75, 3.05) is 0 Å². The number of esters is 1. The molecule has 0 bridgehead atoms. The van der Waals surface area contributed by atoms with Gasteiger partial charge in [-0.25, -0.2) is 0 Å². The van der Waals surface area contributed by atoms with Crippen molar-refractivity contribution < 1.29 is 14.3 Å². The van der Waals surface area contributed by atoms with E-state index in [9.17, 15) is 14.9 Å². The van der Waals surface area contributed by atoms with E-state index in [0.29, 0.717) is 11.1 Å². The Morgan fingerprint density at radius 3 is 2.52 bits per heavy atom. The molecule has 3 atom stereocenters. The first-order chi connectivity index (χ1) is 12.8. The number of allylic oxidation sites excluding steroid dienone is 1. The predicted octanol–water partition coefficient (Wildman–Crippen LogP) is 5.35. The molecular formula is C21H17Cl2NO3. The maximum Gasteiger partial charge on any atom is 0.311 e. The van der Waals surface area contributed by atoms with Gasteiger partial charge in [0.2, 0.25) is 6.10 Å². The van der Waals surface area contributed by atoms with Crippen LogP contribution in [-0.4, -0.2) is 12.3 Å². The van der Waals surface area contributed by atoms with E-state index in [-0.39, 0.29) is 15.8 Å². The Labute approximate surface area is 167 Å². The number of aldehydes is 1. The molecule has 0 N–H and O–H groups in total. The lowest BCUT2D eigenvalue weighted by atomic mass is 10.0. The normalized spacial score (nSPS) is 21.0. The van der Waals surface area contributed by atoms with Gasteiger partial charge in [-0.05, 0) is 40.3 Å². The van der Waals surface area contributed by atoms with Gasteiger partial charge in [0.05, 0.1) is 5.92 Å². The zero-order valence-electron chi connectivity index (χ0n) is 14.8. The Bertz CT molecular complexity index is 987. The molecule has 1 aliphatic carbocycles. The number of nitrogens with zero attached hydrogens (tertiary/aromatic N) is 1. The number of carbonyl (C=O) groups excluding carboxylic acids is 2. The van der Waals surface area contributed by atoms with Crippen molar-refractivity contribution in [2.45, 2.75) is 20.0 Å². The Kier molecular flexibility index (Phi) is 5.28. The molecule has 1 saturated carbocycles. The van der Waals surface area contributed by atoms with Crippen LogP contribution in [0.3, 0.4) is 0 Å². The summed E-state index contributed by atoms with van der Waals surface area (Å²) in [6.07, 6.45) is 1.40. The van der Waals surface area contributed by atoms with Crippen molar-refractivity contribution in [1.82, 2.24) is 0 Å². The largest absolute Gasteiger partial charge is 0.442 e. The van der Waals surface area contributed by atoms with Crippen LogP contribution in [0.1, 0.15) is 35.9 Å². The third kappa shape index (κ3) is 3.85. The Balaban J connectivity index is 1.81. The van der Waals surface area contributed by atoms with Crippen LogP contribution in [0.2, 0.25) is 0 Å². The summed E-state index contributed by atoms with van der Waals surface area (Å²) in [5.74, 6) is -0.956. The minimum absolute atomic E-state index is 0.115. The van der Waals surface area contributed by atoms with Crippen LogP contribution in [0.4, 0.5) is 0 Å². The van der Waals surface area contributed by atoms with Gasteiger partial charge in [-0.2, -0.15) is 5.26 Å². The molecule has 1 aliphatic rings. The van der Waals surface area contributed by atoms with Gasteiger partial charge in [-0.1, -0.05) is 61.3 Å². The fraction of sp³-hybridized carbons (Fsp3) is 0.286. The summed E-state index contributed by atoms with van der Waals surface area (Å²) in [5.41, 5.74) is 0.838. The molecular weight excluding hydrogens is 385 g/mol. The van der Waals surface area contributed by atoms with Crippen molar-refractivity contribution in [1.29, 1.82) is 5.26 Å². The van der Waals surface area contributed by atoms with Crippen molar-refractivity contribution in [3.05, 3.63) is 58.1 Å². The number of ether oxygens (including phenoxy) is 1. The third-order valence-corrected chi connectivity index (χ3v) is 5.40. The van der Waals surface area contributed by atoms with E-state index < -0.39 is 18.0 Å². The smallest absolute Gasteiger partial charge is 0.311 e. The summed E-state index contributed by atoms with van der Waals surface area (Å²) in [5, 5.41) is 11.2. The van der Waals surface area contributed by atoms with Crippen LogP contribution in [0.5, 0.6) is 0 Å². The fourth-order valence-electron chi connectivity index (χ4n) is 3.45. The van der Waals surface area contributed by atoms with Gasteiger partial charge in [-0.3, -0.25) is 9.59 Å². The van der Waals surface area contributed by atoms with Crippen LogP contribution in [0, 0.1) is 28.6 Å². The lowest BCUT2D eigenvalue weighted by Gasteiger charge is -2.13. The van der Waals surface area contributed by atoms with E-state index >= 15 is 0 Å². The molecule has 3 rings (SSSR count). The van der Waals surface area contributed by atoms with Crippen LogP contribution >= 0.6 is 23.2 Å². The van der Waals surface area contributed by atoms with Crippen LogP contribution in [-0.2, 0) is 9.53 Å². The van der Waals surface area contributed by atoms with E-state index in [4.69, 9.17) is 27.9 Å². The average Bonchev–Trinajstić information content (AvgIpc) is 3.17. The zero-order valence-corrected chi connectivity index (χ0v) is 16.3. The molecule has 0 amide bonds. The number of benzene rings is 2. The van der Waals surface area contributed by atoms with Crippen molar-refractivity contribution in [3.8, 4) is 6.07 Å². The summed E-state index contributed by atoms with van der Waals surface area (Å²) in [7, 11) is 0. The molecule has 138 valence electrons. The number of rotatable bonds is 5. The average molecular weight is 402 g/mol. The Morgan fingerprint density at radius 1 is 1.22 bits per heavy atom. The predicted molar refractivity (Wildman–Crippen MR) is 104 cm³/mol. The van der Waals surface area contributed by atoms with Crippen molar-refractivity contribution in [2.24, 2.45) is 17.3 Å². The topological polar surface area (TPSA) is 67.2 Å². The lowest BCUT2D eigenvalue weighted by molar-refractivity contribution is -0.149. The molecule has 2 aromatic rings. The highest BCUT2D eigenvalue weighted by Crippen LogP contribution is 2.60. The second kappa shape index (κ2) is 7.34. The first-order valence-electron chi connectivity index (χ1n) is 8.39. The Hall–Kier alpha value is -2.35. The number of halogens is 2. The first-order valence-corrected chi connectivity index (χ1v) is 9.15. The van der Waals surface area contributed by atoms with Crippen LogP contribution < -0.4 is 0 Å². The summed E-state index contributed by atoms with van der Waals surface area (Å²) in [6.45, 7) is 3.86. The maximum absolute atomic E-state index is 12.6. The minimum atomic E-state index is -1.01. The molecule has 2 aromatic carbocycles. The van der Waals surface area contributed by atoms with Crippen molar-refractivity contribution in [3.63, 3.8) is 0 Å². The molecule has 0 radical (unpaired) electrons. The van der Waals surface area contributed by atoms with E-state index in [0.717, 1.165) is 17.1 Å². The van der Waals surface area contributed by atoms with Gasteiger partial charge in [0, 0.05) is 11.1 Å². The van der Waals surface area contributed by atoms with Gasteiger partial charge in [-0.15, -0.1) is 0 Å². The van der Waals surface area contributed by atoms with E-state index in [2.05, 4.69) is 0 Å². The highest BCUT2D eigenvalue weighted by Gasteiger charge is 2.62. The zero-order chi connectivity index (χ0) is 19.8. The number of nitriles is 1. The molecule has 0 spiro atoms. The number of hydrogen-bond acceptors (Lipinski definition) is 4. The van der Waals surface area contributed by atoms with Crippen LogP contribution in [0.15, 0.2) is 47.0 Å². The molecule has 0 aliphatic heterocycles. The summed E-state index contributed by atoms with van der Waals surface area (Å²) in [4.78, 5) is 23.5. The van der Waals surface area contributed by atoms with Gasteiger partial charge in [0.25, 0.3) is 0 Å².